The Kier molecular flexibility index (Phi) is 1.79. The molecule has 2 N–H and O–H groups in total. The molecule has 0 saturated heterocycles. The zero-order valence-electron chi connectivity index (χ0n) is 8.11. The van der Waals surface area contributed by atoms with Crippen LogP contribution in [0.1, 0.15) is 19.4 Å². The van der Waals surface area contributed by atoms with Crippen molar-refractivity contribution in [2.45, 2.75) is 19.4 Å². The fourth-order valence-electron chi connectivity index (χ4n) is 1.49. The minimum absolute atomic E-state index is 0.161. The molecule has 0 radical (unpaired) electrons. The van der Waals surface area contributed by atoms with E-state index in [0.717, 1.165) is 10.9 Å². The van der Waals surface area contributed by atoms with Crippen molar-refractivity contribution >= 4 is 11.0 Å². The minimum atomic E-state index is -0.928. The van der Waals surface area contributed by atoms with E-state index < -0.39 is 5.60 Å². The number of aromatic hydroxyl groups is 1. The Morgan fingerprint density at radius 1 is 1.29 bits per heavy atom. The molecule has 1 aromatic heterocycles. The lowest BCUT2D eigenvalue weighted by molar-refractivity contribution is 0.0792. The maximum atomic E-state index is 9.82. The Labute approximate surface area is 81.6 Å². The fraction of sp³-hybridized carbons (Fsp3) is 0.273. The van der Waals surface area contributed by atoms with Crippen LogP contribution >= 0.6 is 0 Å². The Morgan fingerprint density at radius 2 is 2.00 bits per heavy atom. The Balaban J connectivity index is 2.70. The molecule has 0 aliphatic heterocycles. The highest BCUT2D eigenvalue weighted by molar-refractivity contribution is 5.83. The van der Waals surface area contributed by atoms with Crippen LogP contribution in [-0.4, -0.2) is 10.2 Å². The molecule has 0 bridgehead atoms. The third kappa shape index (κ3) is 1.36. The van der Waals surface area contributed by atoms with Gasteiger partial charge in [0.05, 0.1) is 11.9 Å². The number of fused-ring (bicyclic) bond motifs is 1. The summed E-state index contributed by atoms with van der Waals surface area (Å²) in [4.78, 5) is 0. The topological polar surface area (TPSA) is 53.6 Å². The Hall–Kier alpha value is -1.48. The number of phenolic OH excluding ortho intramolecular Hbond substituents is 1. The molecular weight excluding hydrogens is 180 g/mol. The lowest BCUT2D eigenvalue weighted by Gasteiger charge is -2.14. The fourth-order valence-corrected chi connectivity index (χ4v) is 1.49. The molecule has 2 rings (SSSR count). The van der Waals surface area contributed by atoms with Crippen molar-refractivity contribution in [2.75, 3.05) is 0 Å². The second-order valence-corrected chi connectivity index (χ2v) is 3.89. The predicted octanol–water partition coefficient (Wildman–Crippen LogP) is 2.37. The van der Waals surface area contributed by atoms with Crippen LogP contribution in [0.3, 0.4) is 0 Å². The van der Waals surface area contributed by atoms with E-state index in [9.17, 15) is 10.2 Å². The van der Waals surface area contributed by atoms with Gasteiger partial charge in [0.1, 0.15) is 11.3 Å². The zero-order chi connectivity index (χ0) is 10.3. The minimum Gasteiger partial charge on any atom is -0.508 e. The summed E-state index contributed by atoms with van der Waals surface area (Å²) >= 11 is 0. The predicted molar refractivity (Wildman–Crippen MR) is 53.1 cm³/mol. The SMILES string of the molecule is CC(C)(O)c1coc2cc(O)ccc12. The van der Waals surface area contributed by atoms with Gasteiger partial charge in [-0.1, -0.05) is 0 Å². The number of rotatable bonds is 1. The summed E-state index contributed by atoms with van der Waals surface area (Å²) in [5, 5.41) is 19.9. The van der Waals surface area contributed by atoms with Gasteiger partial charge in [-0.05, 0) is 26.0 Å². The third-order valence-electron chi connectivity index (χ3n) is 2.22. The quantitative estimate of drug-likeness (QED) is 0.729. The highest BCUT2D eigenvalue weighted by Crippen LogP contribution is 2.31. The first-order valence-corrected chi connectivity index (χ1v) is 4.41. The van der Waals surface area contributed by atoms with Crippen molar-refractivity contribution in [1.29, 1.82) is 0 Å². The summed E-state index contributed by atoms with van der Waals surface area (Å²) in [6.07, 6.45) is 1.52. The van der Waals surface area contributed by atoms with Crippen LogP contribution < -0.4 is 0 Å². The van der Waals surface area contributed by atoms with E-state index in [-0.39, 0.29) is 5.75 Å². The van der Waals surface area contributed by atoms with Crippen LogP contribution in [0.4, 0.5) is 0 Å². The lowest BCUT2D eigenvalue weighted by atomic mass is 9.98. The summed E-state index contributed by atoms with van der Waals surface area (Å²) in [5.74, 6) is 0.161. The molecular formula is C11H12O3. The molecule has 14 heavy (non-hydrogen) atoms. The van der Waals surface area contributed by atoms with Crippen molar-refractivity contribution in [1.82, 2.24) is 0 Å². The van der Waals surface area contributed by atoms with Crippen LogP contribution in [0.2, 0.25) is 0 Å². The average molecular weight is 192 g/mol. The summed E-state index contributed by atoms with van der Waals surface area (Å²) < 4.78 is 5.24. The zero-order valence-corrected chi connectivity index (χ0v) is 8.11. The first-order chi connectivity index (χ1) is 6.48. The van der Waals surface area contributed by atoms with Gasteiger partial charge < -0.3 is 14.6 Å². The van der Waals surface area contributed by atoms with Crippen LogP contribution in [-0.2, 0) is 5.60 Å². The summed E-state index contributed by atoms with van der Waals surface area (Å²) in [6.45, 7) is 3.40. The number of phenols is 1. The standard InChI is InChI=1S/C11H12O3/c1-11(2,13)9-6-14-10-5-7(12)3-4-8(9)10/h3-6,12-13H,1-2H3. The van der Waals surface area contributed by atoms with Gasteiger partial charge in [-0.2, -0.15) is 0 Å². The molecule has 0 aliphatic rings. The first kappa shape index (κ1) is 9.09. The van der Waals surface area contributed by atoms with E-state index in [1.165, 1.54) is 12.3 Å². The van der Waals surface area contributed by atoms with Gasteiger partial charge >= 0.3 is 0 Å². The largest absolute Gasteiger partial charge is 0.508 e. The summed E-state index contributed by atoms with van der Waals surface area (Å²) in [6, 6.07) is 4.85. The van der Waals surface area contributed by atoms with Crippen LogP contribution in [0.15, 0.2) is 28.9 Å². The molecule has 0 spiro atoms. The second-order valence-electron chi connectivity index (χ2n) is 3.89. The molecule has 2 aromatic rings. The van der Waals surface area contributed by atoms with Crippen LogP contribution in [0.25, 0.3) is 11.0 Å². The molecule has 0 fully saturated rings. The number of hydrogen-bond donors (Lipinski definition) is 2. The van der Waals surface area contributed by atoms with Gasteiger partial charge in [-0.3, -0.25) is 0 Å². The molecule has 1 aromatic carbocycles. The Morgan fingerprint density at radius 3 is 2.64 bits per heavy atom. The number of hydrogen-bond acceptors (Lipinski definition) is 3. The van der Waals surface area contributed by atoms with Gasteiger partial charge in [-0.15, -0.1) is 0 Å². The lowest BCUT2D eigenvalue weighted by Crippen LogP contribution is -2.14. The average Bonchev–Trinajstić information content (AvgIpc) is 2.45. The van der Waals surface area contributed by atoms with Crippen LogP contribution in [0.5, 0.6) is 5.75 Å². The van der Waals surface area contributed by atoms with E-state index in [4.69, 9.17) is 4.42 Å². The molecule has 3 nitrogen and oxygen atoms in total. The highest BCUT2D eigenvalue weighted by atomic mass is 16.3. The molecule has 0 amide bonds. The maximum Gasteiger partial charge on any atom is 0.137 e. The smallest absolute Gasteiger partial charge is 0.137 e. The summed E-state index contributed by atoms with van der Waals surface area (Å²) in [7, 11) is 0. The molecule has 0 saturated carbocycles. The van der Waals surface area contributed by atoms with E-state index in [1.807, 2.05) is 0 Å². The van der Waals surface area contributed by atoms with E-state index in [0.29, 0.717) is 5.58 Å². The van der Waals surface area contributed by atoms with E-state index in [2.05, 4.69) is 0 Å². The van der Waals surface area contributed by atoms with E-state index in [1.54, 1.807) is 26.0 Å². The first-order valence-electron chi connectivity index (χ1n) is 4.41. The van der Waals surface area contributed by atoms with Crippen molar-refractivity contribution in [2.24, 2.45) is 0 Å². The summed E-state index contributed by atoms with van der Waals surface area (Å²) in [5.41, 5.74) is 0.386. The monoisotopic (exact) mass is 192 g/mol. The van der Waals surface area contributed by atoms with Crippen molar-refractivity contribution in [3.8, 4) is 5.75 Å². The van der Waals surface area contributed by atoms with Gasteiger partial charge in [0.25, 0.3) is 0 Å². The third-order valence-corrected chi connectivity index (χ3v) is 2.22. The molecule has 0 atom stereocenters. The molecule has 0 aliphatic carbocycles. The number of furan rings is 1. The van der Waals surface area contributed by atoms with Gasteiger partial charge in [0.15, 0.2) is 0 Å². The van der Waals surface area contributed by atoms with Crippen molar-refractivity contribution in [3.63, 3.8) is 0 Å². The highest BCUT2D eigenvalue weighted by Gasteiger charge is 2.21. The van der Waals surface area contributed by atoms with Crippen molar-refractivity contribution < 1.29 is 14.6 Å². The van der Waals surface area contributed by atoms with Crippen molar-refractivity contribution in [3.05, 3.63) is 30.0 Å². The molecule has 3 heteroatoms. The number of benzene rings is 1. The molecule has 74 valence electrons. The van der Waals surface area contributed by atoms with E-state index >= 15 is 0 Å². The molecule has 1 heterocycles. The second kappa shape index (κ2) is 2.75. The van der Waals surface area contributed by atoms with Gasteiger partial charge in [0, 0.05) is 17.0 Å². The van der Waals surface area contributed by atoms with Crippen LogP contribution in [0, 0.1) is 0 Å². The molecule has 0 unspecified atom stereocenters. The number of aliphatic hydroxyl groups is 1. The van der Waals surface area contributed by atoms with Gasteiger partial charge in [0.2, 0.25) is 0 Å². The normalized spacial score (nSPS) is 12.2. The van der Waals surface area contributed by atoms with Gasteiger partial charge in [-0.25, -0.2) is 0 Å². The maximum absolute atomic E-state index is 9.82. The Bertz CT molecular complexity index is 463.